The quantitative estimate of drug-likeness (QED) is 0.862. The zero-order valence-electron chi connectivity index (χ0n) is 12.5. The first kappa shape index (κ1) is 14.0. The van der Waals surface area contributed by atoms with Crippen molar-refractivity contribution < 1.29 is 9.26 Å². The summed E-state index contributed by atoms with van der Waals surface area (Å²) in [5, 5.41) is 4.00. The van der Waals surface area contributed by atoms with Crippen LogP contribution in [0.2, 0.25) is 0 Å². The molecule has 0 N–H and O–H groups in total. The molecule has 0 aromatic carbocycles. The van der Waals surface area contributed by atoms with Gasteiger partial charge in [-0.3, -0.25) is 4.79 Å². The molecule has 0 amide bonds. The Balaban J connectivity index is 2.03. The topological polar surface area (TPSA) is 70.2 Å². The van der Waals surface area contributed by atoms with E-state index in [2.05, 4.69) is 10.1 Å². The van der Waals surface area contributed by atoms with Crippen LogP contribution in [0, 0.1) is 6.92 Å². The van der Waals surface area contributed by atoms with Crippen molar-refractivity contribution in [3.8, 4) is 11.5 Å². The van der Waals surface area contributed by atoms with Gasteiger partial charge in [0.1, 0.15) is 5.56 Å². The van der Waals surface area contributed by atoms with Gasteiger partial charge in [0.2, 0.25) is 0 Å². The molecule has 6 heteroatoms. The molecule has 112 valence electrons. The smallest absolute Gasteiger partial charge is 0.263 e. The maximum Gasteiger partial charge on any atom is 0.263 e. The van der Waals surface area contributed by atoms with Crippen molar-refractivity contribution in [2.24, 2.45) is 7.05 Å². The van der Waals surface area contributed by atoms with Gasteiger partial charge in [-0.1, -0.05) is 12.1 Å². The van der Waals surface area contributed by atoms with Crippen LogP contribution in [-0.2, 0) is 18.2 Å². The van der Waals surface area contributed by atoms with E-state index in [1.165, 1.54) is 0 Å². The predicted molar refractivity (Wildman–Crippen MR) is 77.3 cm³/mol. The summed E-state index contributed by atoms with van der Waals surface area (Å²) in [7, 11) is 1.78. The number of nitrogens with zero attached hydrogens (tertiary/aromatic N) is 3. The zero-order chi connectivity index (χ0) is 15.0. The van der Waals surface area contributed by atoms with Gasteiger partial charge in [-0.2, -0.15) is 4.98 Å². The molecular formula is C15H19N3O3. The summed E-state index contributed by atoms with van der Waals surface area (Å²) >= 11 is 0. The van der Waals surface area contributed by atoms with E-state index in [1.807, 2.05) is 19.9 Å². The van der Waals surface area contributed by atoms with Crippen molar-refractivity contribution in [2.45, 2.75) is 32.6 Å². The minimum atomic E-state index is -0.102. The highest BCUT2D eigenvalue weighted by atomic mass is 16.5. The van der Waals surface area contributed by atoms with Gasteiger partial charge in [0, 0.05) is 25.3 Å². The second kappa shape index (κ2) is 5.44. The van der Waals surface area contributed by atoms with Crippen LogP contribution in [0.15, 0.2) is 15.4 Å². The number of hydrogen-bond donors (Lipinski definition) is 0. The van der Waals surface area contributed by atoms with E-state index in [0.717, 1.165) is 30.7 Å². The zero-order valence-corrected chi connectivity index (χ0v) is 12.5. The van der Waals surface area contributed by atoms with Gasteiger partial charge in [0.25, 0.3) is 11.4 Å². The molecule has 6 nitrogen and oxygen atoms in total. The Morgan fingerprint density at radius 2 is 2.29 bits per heavy atom. The summed E-state index contributed by atoms with van der Waals surface area (Å²) in [6, 6.07) is 1.84. The molecule has 0 radical (unpaired) electrons. The first-order valence-electron chi connectivity index (χ1n) is 7.23. The maximum absolute atomic E-state index is 12.4. The van der Waals surface area contributed by atoms with E-state index in [-0.39, 0.29) is 11.5 Å². The molecule has 0 unspecified atom stereocenters. The highest BCUT2D eigenvalue weighted by Crippen LogP contribution is 2.25. The standard InChI is InChI=1S/C15H19N3O3/c1-4-12-9(2)7-11(15(19)18(12)3)14-16-13(17-21-14)10-5-6-20-8-10/h7,10H,4-6,8H2,1-3H3/t10-/m0/s1. The number of hydrogen-bond acceptors (Lipinski definition) is 5. The van der Waals surface area contributed by atoms with Crippen LogP contribution < -0.4 is 5.56 Å². The third-order valence-corrected chi connectivity index (χ3v) is 4.06. The molecule has 3 rings (SSSR count). The van der Waals surface area contributed by atoms with Crippen LogP contribution >= 0.6 is 0 Å². The monoisotopic (exact) mass is 289 g/mol. The van der Waals surface area contributed by atoms with Crippen molar-refractivity contribution in [1.29, 1.82) is 0 Å². The van der Waals surface area contributed by atoms with Gasteiger partial charge in [0.15, 0.2) is 5.82 Å². The van der Waals surface area contributed by atoms with Crippen LogP contribution in [0.3, 0.4) is 0 Å². The molecule has 1 saturated heterocycles. The molecule has 0 bridgehead atoms. The number of pyridine rings is 1. The fourth-order valence-electron chi connectivity index (χ4n) is 2.85. The summed E-state index contributed by atoms with van der Waals surface area (Å²) in [6.07, 6.45) is 1.71. The van der Waals surface area contributed by atoms with E-state index < -0.39 is 0 Å². The first-order valence-corrected chi connectivity index (χ1v) is 7.23. The van der Waals surface area contributed by atoms with Crippen molar-refractivity contribution in [2.75, 3.05) is 13.2 Å². The third-order valence-electron chi connectivity index (χ3n) is 4.06. The molecule has 2 aromatic rings. The van der Waals surface area contributed by atoms with Crippen LogP contribution in [0.4, 0.5) is 0 Å². The fraction of sp³-hybridized carbons (Fsp3) is 0.533. The van der Waals surface area contributed by atoms with Crippen LogP contribution in [-0.4, -0.2) is 27.9 Å². The molecule has 1 atom stereocenters. The first-order chi connectivity index (χ1) is 10.1. The molecule has 1 aliphatic heterocycles. The van der Waals surface area contributed by atoms with E-state index in [0.29, 0.717) is 23.9 Å². The Hall–Kier alpha value is -1.95. The van der Waals surface area contributed by atoms with Gasteiger partial charge in [-0.25, -0.2) is 0 Å². The summed E-state index contributed by atoms with van der Waals surface area (Å²) in [6.45, 7) is 5.36. The van der Waals surface area contributed by atoms with Gasteiger partial charge in [0.05, 0.1) is 6.61 Å². The lowest BCUT2D eigenvalue weighted by Gasteiger charge is -2.10. The largest absolute Gasteiger partial charge is 0.381 e. The molecule has 0 aliphatic carbocycles. The van der Waals surface area contributed by atoms with E-state index in [1.54, 1.807) is 11.6 Å². The van der Waals surface area contributed by atoms with Crippen molar-refractivity contribution >= 4 is 0 Å². The highest BCUT2D eigenvalue weighted by Gasteiger charge is 2.24. The Bertz CT molecular complexity index is 711. The normalized spacial score (nSPS) is 18.3. The number of rotatable bonds is 3. The molecule has 3 heterocycles. The Kier molecular flexibility index (Phi) is 3.63. The molecule has 0 saturated carbocycles. The molecule has 2 aromatic heterocycles. The van der Waals surface area contributed by atoms with Crippen molar-refractivity contribution in [3.63, 3.8) is 0 Å². The minimum absolute atomic E-state index is 0.102. The molecule has 0 spiro atoms. The van der Waals surface area contributed by atoms with Gasteiger partial charge >= 0.3 is 0 Å². The Labute approximate surface area is 122 Å². The Morgan fingerprint density at radius 1 is 1.48 bits per heavy atom. The molecule has 1 fully saturated rings. The van der Waals surface area contributed by atoms with Crippen molar-refractivity contribution in [1.82, 2.24) is 14.7 Å². The maximum atomic E-state index is 12.4. The van der Waals surface area contributed by atoms with Crippen molar-refractivity contribution in [3.05, 3.63) is 33.5 Å². The molecule has 1 aliphatic rings. The SMILES string of the molecule is CCc1c(C)cc(-c2nc([C@H]3CCOC3)no2)c(=O)n1C. The molecular weight excluding hydrogens is 270 g/mol. The van der Waals surface area contributed by atoms with E-state index >= 15 is 0 Å². The second-order valence-electron chi connectivity index (χ2n) is 5.42. The summed E-state index contributed by atoms with van der Waals surface area (Å²) in [4.78, 5) is 16.8. The average molecular weight is 289 g/mol. The van der Waals surface area contributed by atoms with Gasteiger partial charge < -0.3 is 13.8 Å². The highest BCUT2D eigenvalue weighted by molar-refractivity contribution is 5.53. The summed E-state index contributed by atoms with van der Waals surface area (Å²) < 4.78 is 12.3. The minimum Gasteiger partial charge on any atom is -0.381 e. The van der Waals surface area contributed by atoms with E-state index in [4.69, 9.17) is 9.26 Å². The lowest BCUT2D eigenvalue weighted by molar-refractivity contribution is 0.192. The Morgan fingerprint density at radius 3 is 2.95 bits per heavy atom. The van der Waals surface area contributed by atoms with Crippen LogP contribution in [0.25, 0.3) is 11.5 Å². The second-order valence-corrected chi connectivity index (χ2v) is 5.42. The predicted octanol–water partition coefficient (Wildman–Crippen LogP) is 1.81. The molecule has 21 heavy (non-hydrogen) atoms. The number of ether oxygens (including phenoxy) is 1. The fourth-order valence-corrected chi connectivity index (χ4v) is 2.85. The summed E-state index contributed by atoms with van der Waals surface area (Å²) in [5.74, 6) is 1.09. The summed E-state index contributed by atoms with van der Waals surface area (Å²) in [5.41, 5.74) is 2.44. The lowest BCUT2D eigenvalue weighted by Crippen LogP contribution is -2.23. The third kappa shape index (κ3) is 2.40. The average Bonchev–Trinajstić information content (AvgIpc) is 3.13. The van der Waals surface area contributed by atoms with E-state index in [9.17, 15) is 4.79 Å². The lowest BCUT2D eigenvalue weighted by atomic mass is 10.1. The van der Waals surface area contributed by atoms with Crippen LogP contribution in [0.5, 0.6) is 0 Å². The number of aryl methyl sites for hydroxylation is 1. The number of aromatic nitrogens is 3. The van der Waals surface area contributed by atoms with Crippen LogP contribution in [0.1, 0.15) is 36.3 Å². The van der Waals surface area contributed by atoms with Gasteiger partial charge in [-0.15, -0.1) is 0 Å². The van der Waals surface area contributed by atoms with Gasteiger partial charge in [-0.05, 0) is 31.4 Å².